The summed E-state index contributed by atoms with van der Waals surface area (Å²) >= 11 is 0. The predicted molar refractivity (Wildman–Crippen MR) is 112 cm³/mol. The Bertz CT molecular complexity index is 1350. The average Bonchev–Trinajstić information content (AvgIpc) is 3.20. The maximum Gasteiger partial charge on any atom is 0.355 e. The molecule has 4 aromatic rings. The average molecular weight is 421 g/mol. The van der Waals surface area contributed by atoms with Crippen molar-refractivity contribution in [1.29, 1.82) is 0 Å². The van der Waals surface area contributed by atoms with Gasteiger partial charge in [0.1, 0.15) is 5.69 Å². The van der Waals surface area contributed by atoms with Crippen molar-refractivity contribution in [2.24, 2.45) is 0 Å². The van der Waals surface area contributed by atoms with Gasteiger partial charge in [0.05, 0.1) is 4.92 Å². The zero-order chi connectivity index (χ0) is 22.1. The molecule has 8 nitrogen and oxygen atoms in total. The van der Waals surface area contributed by atoms with E-state index in [1.54, 1.807) is 6.07 Å². The largest absolute Gasteiger partial charge is 0.448 e. The van der Waals surface area contributed by atoms with Gasteiger partial charge >= 0.3 is 11.7 Å². The van der Waals surface area contributed by atoms with Crippen LogP contribution in [0.5, 0.6) is 0 Å². The van der Waals surface area contributed by atoms with E-state index in [0.717, 1.165) is 33.8 Å². The molecule has 0 aliphatic carbocycles. The fourth-order valence-corrected chi connectivity index (χ4v) is 3.25. The zero-order valence-corrected chi connectivity index (χ0v) is 16.2. The molecule has 0 fully saturated rings. The van der Waals surface area contributed by atoms with E-state index in [4.69, 9.17) is 4.74 Å². The molecule has 0 saturated heterocycles. The third kappa shape index (κ3) is 3.93. The Morgan fingerprint density at radius 3 is 2.65 bits per heavy atom. The number of nitrogens with one attached hydrogen (secondary N) is 2. The van der Waals surface area contributed by atoms with Gasteiger partial charge in [0, 0.05) is 22.7 Å². The van der Waals surface area contributed by atoms with Gasteiger partial charge < -0.3 is 15.0 Å². The lowest BCUT2D eigenvalue weighted by Gasteiger charge is -2.13. The van der Waals surface area contributed by atoms with Crippen molar-refractivity contribution in [2.75, 3.05) is 5.32 Å². The molecule has 156 valence electrons. The highest BCUT2D eigenvalue weighted by molar-refractivity contribution is 6.09. The number of esters is 1. The van der Waals surface area contributed by atoms with Crippen LogP contribution in [0.25, 0.3) is 21.7 Å². The molecule has 0 aliphatic heterocycles. The SMILES string of the molecule is CC(OC(=O)c1cc2c(ccc3ccccc32)[nH]1)C(=O)Nc1ccc(F)c([N+](=O)[O-])c1. The summed E-state index contributed by atoms with van der Waals surface area (Å²) < 4.78 is 18.7. The van der Waals surface area contributed by atoms with Crippen molar-refractivity contribution >= 4 is 44.9 Å². The molecule has 1 atom stereocenters. The van der Waals surface area contributed by atoms with E-state index in [-0.39, 0.29) is 11.4 Å². The lowest BCUT2D eigenvalue weighted by molar-refractivity contribution is -0.387. The second-order valence-corrected chi connectivity index (χ2v) is 6.89. The van der Waals surface area contributed by atoms with Crippen molar-refractivity contribution < 1.29 is 23.6 Å². The number of anilines is 1. The number of rotatable bonds is 5. The van der Waals surface area contributed by atoms with E-state index < -0.39 is 34.4 Å². The summed E-state index contributed by atoms with van der Waals surface area (Å²) in [5.74, 6) is -2.46. The molecule has 1 amide bonds. The maximum atomic E-state index is 13.4. The highest BCUT2D eigenvalue weighted by atomic mass is 19.1. The molecule has 1 heterocycles. The Hall–Kier alpha value is -4.27. The first kappa shape index (κ1) is 20.0. The minimum Gasteiger partial charge on any atom is -0.448 e. The van der Waals surface area contributed by atoms with Gasteiger partial charge in [-0.1, -0.05) is 30.3 Å². The minimum absolute atomic E-state index is 0.0121. The summed E-state index contributed by atoms with van der Waals surface area (Å²) in [4.78, 5) is 37.8. The van der Waals surface area contributed by atoms with Crippen LogP contribution in [0, 0.1) is 15.9 Å². The van der Waals surface area contributed by atoms with Crippen LogP contribution in [-0.2, 0) is 9.53 Å². The van der Waals surface area contributed by atoms with Crippen LogP contribution >= 0.6 is 0 Å². The number of nitrogens with zero attached hydrogens (tertiary/aromatic N) is 1. The smallest absolute Gasteiger partial charge is 0.355 e. The lowest BCUT2D eigenvalue weighted by atomic mass is 10.1. The number of hydrogen-bond donors (Lipinski definition) is 2. The number of hydrogen-bond acceptors (Lipinski definition) is 5. The monoisotopic (exact) mass is 421 g/mol. The molecule has 0 bridgehead atoms. The van der Waals surface area contributed by atoms with Crippen LogP contribution in [0.3, 0.4) is 0 Å². The molecular formula is C22H16FN3O5. The Balaban J connectivity index is 1.49. The van der Waals surface area contributed by atoms with Crippen LogP contribution in [0.2, 0.25) is 0 Å². The van der Waals surface area contributed by atoms with E-state index in [1.807, 2.05) is 36.4 Å². The molecule has 0 saturated carbocycles. The van der Waals surface area contributed by atoms with Crippen molar-refractivity contribution in [3.8, 4) is 0 Å². The number of carbonyl (C=O) groups excluding carboxylic acids is 2. The summed E-state index contributed by atoms with van der Waals surface area (Å²) in [6.07, 6.45) is -1.19. The van der Waals surface area contributed by atoms with Gasteiger partial charge in [0.2, 0.25) is 5.82 Å². The molecule has 0 radical (unpaired) electrons. The van der Waals surface area contributed by atoms with Crippen molar-refractivity contribution in [3.63, 3.8) is 0 Å². The lowest BCUT2D eigenvalue weighted by Crippen LogP contribution is -2.30. The number of aromatic nitrogens is 1. The Morgan fingerprint density at radius 1 is 1.10 bits per heavy atom. The zero-order valence-electron chi connectivity index (χ0n) is 16.2. The van der Waals surface area contributed by atoms with E-state index in [2.05, 4.69) is 10.3 Å². The number of aromatic amines is 1. The third-order valence-electron chi connectivity index (χ3n) is 4.81. The first-order chi connectivity index (χ1) is 14.8. The predicted octanol–water partition coefficient (Wildman–Crippen LogP) is 4.55. The quantitative estimate of drug-likeness (QED) is 0.279. The van der Waals surface area contributed by atoms with Crippen LogP contribution < -0.4 is 5.32 Å². The van der Waals surface area contributed by atoms with Gasteiger partial charge in [-0.25, -0.2) is 4.79 Å². The van der Waals surface area contributed by atoms with Gasteiger partial charge in [-0.05, 0) is 42.0 Å². The first-order valence-corrected chi connectivity index (χ1v) is 9.30. The second-order valence-electron chi connectivity index (χ2n) is 6.89. The van der Waals surface area contributed by atoms with Gasteiger partial charge in [-0.3, -0.25) is 14.9 Å². The van der Waals surface area contributed by atoms with Crippen molar-refractivity contribution in [1.82, 2.24) is 4.98 Å². The number of fused-ring (bicyclic) bond motifs is 3. The summed E-state index contributed by atoms with van der Waals surface area (Å²) in [5, 5.41) is 16.0. The van der Waals surface area contributed by atoms with Gasteiger partial charge in [0.25, 0.3) is 5.91 Å². The summed E-state index contributed by atoms with van der Waals surface area (Å²) in [7, 11) is 0. The summed E-state index contributed by atoms with van der Waals surface area (Å²) in [5.41, 5.74) is 0.177. The van der Waals surface area contributed by atoms with Gasteiger partial charge in [-0.15, -0.1) is 0 Å². The molecule has 1 aromatic heterocycles. The minimum atomic E-state index is -1.19. The number of carbonyl (C=O) groups is 2. The molecule has 2 N–H and O–H groups in total. The molecule has 0 aliphatic rings. The summed E-state index contributed by atoms with van der Waals surface area (Å²) in [6.45, 7) is 1.36. The maximum absolute atomic E-state index is 13.4. The highest BCUT2D eigenvalue weighted by Crippen LogP contribution is 2.26. The van der Waals surface area contributed by atoms with Gasteiger partial charge in [0.15, 0.2) is 6.10 Å². The normalized spacial score (nSPS) is 11.9. The molecular weight excluding hydrogens is 405 g/mol. The number of nitro benzene ring substituents is 1. The van der Waals surface area contributed by atoms with Crippen molar-refractivity contribution in [3.05, 3.63) is 82.3 Å². The molecule has 3 aromatic carbocycles. The molecule has 4 rings (SSSR count). The van der Waals surface area contributed by atoms with E-state index in [1.165, 1.54) is 13.0 Å². The van der Waals surface area contributed by atoms with Crippen molar-refractivity contribution in [2.45, 2.75) is 13.0 Å². The number of halogens is 1. The fraction of sp³-hybridized carbons (Fsp3) is 0.0909. The Labute approximate surface area is 174 Å². The number of benzene rings is 3. The Kier molecular flexibility index (Phi) is 5.08. The topological polar surface area (TPSA) is 114 Å². The number of ether oxygens (including phenoxy) is 1. The second kappa shape index (κ2) is 7.86. The summed E-state index contributed by atoms with van der Waals surface area (Å²) in [6, 6.07) is 16.1. The van der Waals surface area contributed by atoms with E-state index in [0.29, 0.717) is 0 Å². The molecule has 31 heavy (non-hydrogen) atoms. The van der Waals surface area contributed by atoms with Gasteiger partial charge in [-0.2, -0.15) is 4.39 Å². The molecule has 9 heteroatoms. The first-order valence-electron chi connectivity index (χ1n) is 9.30. The standard InChI is InChI=1S/C22H16FN3O5/c1-12(21(27)24-14-7-8-17(23)20(10-14)26(29)30)31-22(28)19-11-16-15-5-3-2-4-13(15)6-9-18(16)25-19/h2-12,25H,1H3,(H,24,27). The van der Waals surface area contributed by atoms with Crippen LogP contribution in [0.1, 0.15) is 17.4 Å². The number of nitro groups is 1. The number of amides is 1. The highest BCUT2D eigenvalue weighted by Gasteiger charge is 2.22. The number of H-pyrrole nitrogens is 1. The van der Waals surface area contributed by atoms with Crippen LogP contribution in [0.15, 0.2) is 60.7 Å². The fourth-order valence-electron chi connectivity index (χ4n) is 3.25. The molecule has 0 spiro atoms. The third-order valence-corrected chi connectivity index (χ3v) is 4.81. The van der Waals surface area contributed by atoms with E-state index in [9.17, 15) is 24.1 Å². The Morgan fingerprint density at radius 2 is 1.87 bits per heavy atom. The van der Waals surface area contributed by atoms with Crippen LogP contribution in [0.4, 0.5) is 15.8 Å². The van der Waals surface area contributed by atoms with E-state index >= 15 is 0 Å². The van der Waals surface area contributed by atoms with Crippen LogP contribution in [-0.4, -0.2) is 27.9 Å². The molecule has 1 unspecified atom stereocenters.